The molecule has 0 radical (unpaired) electrons. The maximum atomic E-state index is 12.9. The quantitative estimate of drug-likeness (QED) is 0.851. The van der Waals surface area contributed by atoms with Gasteiger partial charge in [-0.05, 0) is 25.0 Å². The van der Waals surface area contributed by atoms with E-state index in [2.05, 4.69) is 10.2 Å². The summed E-state index contributed by atoms with van der Waals surface area (Å²) >= 11 is 0. The number of ether oxygens (including phenoxy) is 1. The molecule has 2 aromatic rings. The molecule has 4 rings (SSSR count). The SMILES string of the molecule is O=C(c1cnn(-c2ccccc2)n1)N1CCO[C@H]2CCCC[C@@H]21. The molecule has 1 saturated carbocycles. The second-order valence-corrected chi connectivity index (χ2v) is 6.11. The molecule has 6 heteroatoms. The summed E-state index contributed by atoms with van der Waals surface area (Å²) in [7, 11) is 0. The van der Waals surface area contributed by atoms with Gasteiger partial charge in [-0.15, -0.1) is 5.10 Å². The number of hydrogen-bond acceptors (Lipinski definition) is 4. The zero-order valence-corrected chi connectivity index (χ0v) is 13.0. The van der Waals surface area contributed by atoms with Gasteiger partial charge in [0.2, 0.25) is 0 Å². The number of nitrogens with zero attached hydrogens (tertiary/aromatic N) is 4. The van der Waals surface area contributed by atoms with E-state index in [4.69, 9.17) is 4.74 Å². The Morgan fingerprint density at radius 2 is 2.00 bits per heavy atom. The van der Waals surface area contributed by atoms with Crippen LogP contribution in [0.4, 0.5) is 0 Å². The van der Waals surface area contributed by atoms with E-state index in [9.17, 15) is 4.79 Å². The fourth-order valence-electron chi connectivity index (χ4n) is 3.54. The number of fused-ring (bicyclic) bond motifs is 1. The van der Waals surface area contributed by atoms with E-state index >= 15 is 0 Å². The first kappa shape index (κ1) is 14.4. The zero-order chi connectivity index (χ0) is 15.6. The van der Waals surface area contributed by atoms with E-state index in [1.165, 1.54) is 11.2 Å². The van der Waals surface area contributed by atoms with E-state index in [0.717, 1.165) is 24.9 Å². The molecule has 0 N–H and O–H groups in total. The summed E-state index contributed by atoms with van der Waals surface area (Å²) in [5.74, 6) is -0.0348. The van der Waals surface area contributed by atoms with Crippen LogP contribution in [0.5, 0.6) is 0 Å². The van der Waals surface area contributed by atoms with Crippen LogP contribution >= 0.6 is 0 Å². The van der Waals surface area contributed by atoms with Crippen LogP contribution in [0, 0.1) is 0 Å². The lowest BCUT2D eigenvalue weighted by atomic mass is 9.90. The number of hydrogen-bond donors (Lipinski definition) is 0. The lowest BCUT2D eigenvalue weighted by molar-refractivity contribution is -0.0754. The minimum absolute atomic E-state index is 0.0348. The third-order valence-electron chi connectivity index (χ3n) is 4.69. The lowest BCUT2D eigenvalue weighted by Crippen LogP contribution is -2.54. The smallest absolute Gasteiger partial charge is 0.276 e. The van der Waals surface area contributed by atoms with Crippen LogP contribution in [0.15, 0.2) is 36.5 Å². The molecule has 2 atom stereocenters. The number of benzene rings is 1. The number of amides is 1. The summed E-state index contributed by atoms with van der Waals surface area (Å²) in [6, 6.07) is 9.81. The Kier molecular flexibility index (Phi) is 3.83. The van der Waals surface area contributed by atoms with Gasteiger partial charge >= 0.3 is 0 Å². The van der Waals surface area contributed by atoms with E-state index in [0.29, 0.717) is 18.8 Å². The minimum Gasteiger partial charge on any atom is -0.374 e. The van der Waals surface area contributed by atoms with Crippen LogP contribution in [0.25, 0.3) is 5.69 Å². The minimum atomic E-state index is -0.0348. The zero-order valence-electron chi connectivity index (χ0n) is 13.0. The Labute approximate surface area is 135 Å². The number of morpholine rings is 1. The first-order chi connectivity index (χ1) is 11.3. The van der Waals surface area contributed by atoms with Crippen molar-refractivity contribution < 1.29 is 9.53 Å². The number of carbonyl (C=O) groups excluding carboxylic acids is 1. The van der Waals surface area contributed by atoms with Gasteiger partial charge in [0.25, 0.3) is 5.91 Å². The highest BCUT2D eigenvalue weighted by molar-refractivity contribution is 5.92. The molecule has 1 amide bonds. The van der Waals surface area contributed by atoms with Gasteiger partial charge in [-0.3, -0.25) is 4.79 Å². The molecule has 1 saturated heterocycles. The van der Waals surface area contributed by atoms with Crippen molar-refractivity contribution in [2.75, 3.05) is 13.2 Å². The van der Waals surface area contributed by atoms with Crippen LogP contribution in [0.3, 0.4) is 0 Å². The predicted octanol–water partition coefficient (Wildman–Crippen LogP) is 2.05. The Bertz CT molecular complexity index is 683. The van der Waals surface area contributed by atoms with Gasteiger partial charge < -0.3 is 9.64 Å². The summed E-state index contributed by atoms with van der Waals surface area (Å²) in [5.41, 5.74) is 1.25. The Balaban J connectivity index is 1.56. The monoisotopic (exact) mass is 312 g/mol. The molecule has 23 heavy (non-hydrogen) atoms. The van der Waals surface area contributed by atoms with Crippen molar-refractivity contribution in [1.82, 2.24) is 19.9 Å². The Morgan fingerprint density at radius 3 is 2.87 bits per heavy atom. The normalized spacial score (nSPS) is 24.3. The molecule has 2 aliphatic rings. The summed E-state index contributed by atoms with van der Waals surface area (Å²) < 4.78 is 5.84. The molecule has 2 fully saturated rings. The summed E-state index contributed by atoms with van der Waals surface area (Å²) in [4.78, 5) is 16.3. The second kappa shape index (κ2) is 6.12. The maximum absolute atomic E-state index is 12.9. The molecule has 1 aliphatic heterocycles. The van der Waals surface area contributed by atoms with Crippen LogP contribution in [0.2, 0.25) is 0 Å². The van der Waals surface area contributed by atoms with Crippen LogP contribution in [-0.2, 0) is 4.74 Å². The average molecular weight is 312 g/mol. The predicted molar refractivity (Wildman–Crippen MR) is 84.4 cm³/mol. The highest BCUT2D eigenvalue weighted by atomic mass is 16.5. The van der Waals surface area contributed by atoms with E-state index < -0.39 is 0 Å². The van der Waals surface area contributed by atoms with Gasteiger partial charge in [0.05, 0.1) is 30.6 Å². The topological polar surface area (TPSA) is 60.2 Å². The largest absolute Gasteiger partial charge is 0.374 e. The Hall–Kier alpha value is -2.21. The maximum Gasteiger partial charge on any atom is 0.276 e. The summed E-state index contributed by atoms with van der Waals surface area (Å²) in [5, 5.41) is 8.60. The average Bonchev–Trinajstić information content (AvgIpc) is 3.11. The van der Waals surface area contributed by atoms with E-state index in [-0.39, 0.29) is 18.1 Å². The van der Waals surface area contributed by atoms with Crippen molar-refractivity contribution in [2.24, 2.45) is 0 Å². The van der Waals surface area contributed by atoms with Gasteiger partial charge in [0.1, 0.15) is 0 Å². The molecule has 2 heterocycles. The van der Waals surface area contributed by atoms with Gasteiger partial charge in [0, 0.05) is 6.54 Å². The first-order valence-electron chi connectivity index (χ1n) is 8.23. The molecule has 1 aliphatic carbocycles. The fraction of sp³-hybridized carbons (Fsp3) is 0.471. The van der Waals surface area contributed by atoms with Gasteiger partial charge in [0.15, 0.2) is 5.69 Å². The molecule has 1 aromatic heterocycles. The van der Waals surface area contributed by atoms with Gasteiger partial charge in [-0.1, -0.05) is 31.0 Å². The van der Waals surface area contributed by atoms with Crippen molar-refractivity contribution in [3.63, 3.8) is 0 Å². The molecular formula is C17H20N4O2. The molecule has 0 spiro atoms. The van der Waals surface area contributed by atoms with Crippen molar-refractivity contribution in [2.45, 2.75) is 37.8 Å². The van der Waals surface area contributed by atoms with Crippen molar-refractivity contribution >= 4 is 5.91 Å². The van der Waals surface area contributed by atoms with Crippen LogP contribution in [0.1, 0.15) is 36.2 Å². The molecule has 0 bridgehead atoms. The summed E-state index contributed by atoms with van der Waals surface area (Å²) in [6.45, 7) is 1.25. The van der Waals surface area contributed by atoms with Crippen LogP contribution < -0.4 is 0 Å². The highest BCUT2D eigenvalue weighted by Gasteiger charge is 2.37. The first-order valence-corrected chi connectivity index (χ1v) is 8.23. The molecule has 120 valence electrons. The fourth-order valence-corrected chi connectivity index (χ4v) is 3.54. The third kappa shape index (κ3) is 2.74. The van der Waals surface area contributed by atoms with Gasteiger partial charge in [-0.25, -0.2) is 0 Å². The number of aromatic nitrogens is 3. The van der Waals surface area contributed by atoms with Crippen molar-refractivity contribution in [1.29, 1.82) is 0 Å². The number of carbonyl (C=O) groups is 1. The second-order valence-electron chi connectivity index (χ2n) is 6.11. The molecule has 6 nitrogen and oxygen atoms in total. The molecule has 0 unspecified atom stereocenters. The molecular weight excluding hydrogens is 292 g/mol. The standard InChI is InChI=1S/C17H20N4O2/c22-17(20-10-11-23-16-9-5-4-8-15(16)20)14-12-18-21(19-14)13-6-2-1-3-7-13/h1-3,6-7,12,15-16H,4-5,8-11H2/t15-,16-/m0/s1. The van der Waals surface area contributed by atoms with Crippen molar-refractivity contribution in [3.8, 4) is 5.69 Å². The highest BCUT2D eigenvalue weighted by Crippen LogP contribution is 2.29. The number of rotatable bonds is 2. The van der Waals surface area contributed by atoms with Crippen molar-refractivity contribution in [3.05, 3.63) is 42.2 Å². The van der Waals surface area contributed by atoms with E-state index in [1.807, 2.05) is 35.2 Å². The van der Waals surface area contributed by atoms with Crippen LogP contribution in [-0.4, -0.2) is 51.1 Å². The third-order valence-corrected chi connectivity index (χ3v) is 4.69. The summed E-state index contributed by atoms with van der Waals surface area (Å²) in [6.07, 6.45) is 6.15. The molecule has 1 aromatic carbocycles. The van der Waals surface area contributed by atoms with E-state index in [1.54, 1.807) is 6.20 Å². The Morgan fingerprint density at radius 1 is 1.17 bits per heavy atom. The van der Waals surface area contributed by atoms with Gasteiger partial charge in [-0.2, -0.15) is 9.90 Å². The number of para-hydroxylation sites is 1. The lowest BCUT2D eigenvalue weighted by Gasteiger charge is -2.43.